The van der Waals surface area contributed by atoms with Crippen molar-refractivity contribution in [1.82, 2.24) is 15.0 Å². The van der Waals surface area contributed by atoms with Gasteiger partial charge in [0.1, 0.15) is 0 Å². The van der Waals surface area contributed by atoms with Gasteiger partial charge in [-0.25, -0.2) is 0 Å². The van der Waals surface area contributed by atoms with Crippen molar-refractivity contribution in [3.63, 3.8) is 0 Å². The van der Waals surface area contributed by atoms with Crippen molar-refractivity contribution < 1.29 is 13.3 Å². The average Bonchev–Trinajstić information content (AvgIpc) is 2.55. The number of hydrogen-bond acceptors (Lipinski definition) is 9. The minimum Gasteiger partial charge on any atom is -0.374 e. The van der Waals surface area contributed by atoms with E-state index in [0.717, 1.165) is 0 Å². The maximum absolute atomic E-state index is 5.81. The Morgan fingerprint density at radius 1 is 0.783 bits per heavy atom. The minimum atomic E-state index is -2.66. The molecule has 0 aromatic carbocycles. The number of nitrogens with zero attached hydrogens (tertiary/aromatic N) is 3. The van der Waals surface area contributed by atoms with Gasteiger partial charge in [-0.05, 0) is 20.8 Å². The van der Waals surface area contributed by atoms with Gasteiger partial charge >= 0.3 is 8.80 Å². The van der Waals surface area contributed by atoms with E-state index < -0.39 is 8.80 Å². The molecule has 0 aliphatic rings. The average molecular weight is 344 g/mol. The third kappa shape index (κ3) is 6.26. The van der Waals surface area contributed by atoms with E-state index >= 15 is 0 Å². The standard InChI is InChI=1S/C13H28N6O3Si/c1-6-20-23(21-7-2,22-8-3)10-9-16-13-18-11(14-4)17-12(15-5)19-13/h6-10H2,1-5H3,(H3,14,15,16,17,18,19). The highest BCUT2D eigenvalue weighted by molar-refractivity contribution is 6.60. The van der Waals surface area contributed by atoms with Crippen LogP contribution in [0.15, 0.2) is 0 Å². The van der Waals surface area contributed by atoms with Crippen LogP contribution in [0.25, 0.3) is 0 Å². The lowest BCUT2D eigenvalue weighted by Crippen LogP contribution is -2.47. The lowest BCUT2D eigenvalue weighted by Gasteiger charge is -2.28. The van der Waals surface area contributed by atoms with Crippen LogP contribution < -0.4 is 16.0 Å². The summed E-state index contributed by atoms with van der Waals surface area (Å²) < 4.78 is 17.4. The molecule has 3 N–H and O–H groups in total. The molecule has 1 aromatic rings. The van der Waals surface area contributed by atoms with Crippen LogP contribution in [0.3, 0.4) is 0 Å². The fourth-order valence-electron chi connectivity index (χ4n) is 2.01. The molecule has 0 saturated carbocycles. The highest BCUT2D eigenvalue weighted by Gasteiger charge is 2.39. The fourth-order valence-corrected chi connectivity index (χ4v) is 4.44. The molecule has 1 aromatic heterocycles. The summed E-state index contributed by atoms with van der Waals surface area (Å²) in [4.78, 5) is 12.7. The summed E-state index contributed by atoms with van der Waals surface area (Å²) >= 11 is 0. The lowest BCUT2D eigenvalue weighted by molar-refractivity contribution is 0.0722. The van der Waals surface area contributed by atoms with E-state index in [1.165, 1.54) is 0 Å². The van der Waals surface area contributed by atoms with Crippen molar-refractivity contribution in [2.45, 2.75) is 26.8 Å². The van der Waals surface area contributed by atoms with Crippen LogP contribution >= 0.6 is 0 Å². The highest BCUT2D eigenvalue weighted by atomic mass is 28.4. The van der Waals surface area contributed by atoms with E-state index in [9.17, 15) is 0 Å². The third-order valence-corrected chi connectivity index (χ3v) is 5.94. The molecule has 9 nitrogen and oxygen atoms in total. The van der Waals surface area contributed by atoms with Gasteiger partial charge in [-0.2, -0.15) is 15.0 Å². The summed E-state index contributed by atoms with van der Waals surface area (Å²) in [6.07, 6.45) is 0. The van der Waals surface area contributed by atoms with Gasteiger partial charge in [0.05, 0.1) is 0 Å². The van der Waals surface area contributed by atoms with Crippen LogP contribution in [-0.2, 0) is 13.3 Å². The van der Waals surface area contributed by atoms with Crippen LogP contribution in [0.4, 0.5) is 17.8 Å². The fraction of sp³-hybridized carbons (Fsp3) is 0.769. The molecule has 132 valence electrons. The Morgan fingerprint density at radius 2 is 1.22 bits per heavy atom. The first-order valence-corrected chi connectivity index (χ1v) is 9.83. The molecule has 0 aliphatic heterocycles. The van der Waals surface area contributed by atoms with E-state index in [1.54, 1.807) is 14.1 Å². The quantitative estimate of drug-likeness (QED) is 0.486. The van der Waals surface area contributed by atoms with Crippen molar-refractivity contribution in [3.05, 3.63) is 0 Å². The van der Waals surface area contributed by atoms with Crippen LogP contribution in [0.1, 0.15) is 20.8 Å². The first-order valence-electron chi connectivity index (χ1n) is 7.90. The second-order valence-corrected chi connectivity index (χ2v) is 7.20. The molecule has 0 atom stereocenters. The third-order valence-electron chi connectivity index (χ3n) is 2.89. The topological polar surface area (TPSA) is 102 Å². The summed E-state index contributed by atoms with van der Waals surface area (Å²) in [5, 5.41) is 8.98. The van der Waals surface area contributed by atoms with E-state index in [0.29, 0.717) is 50.3 Å². The molecule has 0 saturated heterocycles. The summed E-state index contributed by atoms with van der Waals surface area (Å²) in [6.45, 7) is 8.10. The zero-order valence-corrected chi connectivity index (χ0v) is 15.6. The molecular formula is C13H28N6O3Si. The number of rotatable bonds is 12. The maximum atomic E-state index is 5.81. The Hall–Kier alpha value is -1.49. The van der Waals surface area contributed by atoms with E-state index in [-0.39, 0.29) is 0 Å². The van der Waals surface area contributed by atoms with Gasteiger partial charge in [-0.3, -0.25) is 0 Å². The first kappa shape index (κ1) is 19.6. The molecular weight excluding hydrogens is 316 g/mol. The summed E-state index contributed by atoms with van der Waals surface area (Å²) in [7, 11) is 0.861. The first-order chi connectivity index (χ1) is 11.1. The number of anilines is 3. The van der Waals surface area contributed by atoms with Gasteiger partial charge in [0, 0.05) is 46.5 Å². The molecule has 0 spiro atoms. The van der Waals surface area contributed by atoms with Crippen LogP contribution in [0, 0.1) is 0 Å². The Labute approximate surface area is 138 Å². The van der Waals surface area contributed by atoms with Gasteiger partial charge in [-0.15, -0.1) is 0 Å². The maximum Gasteiger partial charge on any atom is 0.502 e. The van der Waals surface area contributed by atoms with Crippen molar-refractivity contribution in [2.75, 3.05) is 56.4 Å². The number of nitrogens with one attached hydrogen (secondary N) is 3. The molecule has 0 bridgehead atoms. The molecule has 23 heavy (non-hydrogen) atoms. The number of aromatic nitrogens is 3. The van der Waals surface area contributed by atoms with E-state index in [1.807, 2.05) is 20.8 Å². The van der Waals surface area contributed by atoms with Crippen LogP contribution in [-0.4, -0.2) is 64.2 Å². The van der Waals surface area contributed by atoms with Gasteiger partial charge < -0.3 is 29.2 Å². The zero-order valence-electron chi connectivity index (χ0n) is 14.6. The highest BCUT2D eigenvalue weighted by Crippen LogP contribution is 2.16. The van der Waals surface area contributed by atoms with E-state index in [4.69, 9.17) is 13.3 Å². The monoisotopic (exact) mass is 344 g/mol. The van der Waals surface area contributed by atoms with Crippen molar-refractivity contribution in [1.29, 1.82) is 0 Å². The summed E-state index contributed by atoms with van der Waals surface area (Å²) in [6, 6.07) is 0.637. The Kier molecular flexibility index (Phi) is 8.77. The van der Waals surface area contributed by atoms with Crippen LogP contribution in [0.5, 0.6) is 0 Å². The Balaban J connectivity index is 2.71. The minimum absolute atomic E-state index is 0.487. The molecule has 0 unspecified atom stereocenters. The SMILES string of the molecule is CCO[Si](CCNc1nc(NC)nc(NC)n1)(OCC)OCC. The molecule has 1 heterocycles. The second-order valence-electron chi connectivity index (χ2n) is 4.47. The lowest BCUT2D eigenvalue weighted by atomic mass is 10.7. The van der Waals surface area contributed by atoms with Gasteiger partial charge in [0.15, 0.2) is 0 Å². The smallest absolute Gasteiger partial charge is 0.374 e. The summed E-state index contributed by atoms with van der Waals surface area (Å²) in [5.74, 6) is 1.48. The molecule has 0 fully saturated rings. The van der Waals surface area contributed by atoms with Gasteiger partial charge in [-0.1, -0.05) is 0 Å². The Bertz CT molecular complexity index is 426. The molecule has 1 rings (SSSR count). The van der Waals surface area contributed by atoms with Crippen molar-refractivity contribution in [3.8, 4) is 0 Å². The molecule has 0 aliphatic carbocycles. The second kappa shape index (κ2) is 10.3. The molecule has 0 amide bonds. The van der Waals surface area contributed by atoms with Gasteiger partial charge in [0.25, 0.3) is 0 Å². The predicted octanol–water partition coefficient (Wildman–Crippen LogP) is 1.42. The molecule has 0 radical (unpaired) electrons. The number of hydrogen-bond donors (Lipinski definition) is 3. The van der Waals surface area contributed by atoms with Crippen molar-refractivity contribution >= 4 is 26.6 Å². The summed E-state index contributed by atoms with van der Waals surface area (Å²) in [5.41, 5.74) is 0. The predicted molar refractivity (Wildman–Crippen MR) is 92.8 cm³/mol. The van der Waals surface area contributed by atoms with Crippen LogP contribution in [0.2, 0.25) is 6.04 Å². The Morgan fingerprint density at radius 3 is 1.61 bits per heavy atom. The van der Waals surface area contributed by atoms with Crippen molar-refractivity contribution in [2.24, 2.45) is 0 Å². The zero-order chi connectivity index (χ0) is 17.1. The van der Waals surface area contributed by atoms with Gasteiger partial charge in [0.2, 0.25) is 17.8 Å². The largest absolute Gasteiger partial charge is 0.502 e. The molecule has 10 heteroatoms. The normalized spacial score (nSPS) is 11.3. The van der Waals surface area contributed by atoms with E-state index in [2.05, 4.69) is 30.9 Å².